The van der Waals surface area contributed by atoms with Gasteiger partial charge in [-0.1, -0.05) is 32.0 Å². The number of nitrogens with one attached hydrogen (secondary N) is 2. The monoisotopic (exact) mass is 266 g/mol. The zero-order valence-electron chi connectivity index (χ0n) is 11.1. The summed E-state index contributed by atoms with van der Waals surface area (Å²) in [6.45, 7) is 6.73. The molecule has 0 aliphatic rings. The molecule has 0 aromatic heterocycles. The third-order valence-corrected chi connectivity index (χ3v) is 2.48. The topological polar surface area (TPSA) is 33.3 Å². The van der Waals surface area contributed by atoms with E-state index < -0.39 is 0 Å². The van der Waals surface area contributed by atoms with Gasteiger partial charge in [-0.15, -0.1) is 0 Å². The molecule has 0 fully saturated rings. The van der Waals surface area contributed by atoms with Crippen LogP contribution in [-0.2, 0) is 4.74 Å². The molecule has 18 heavy (non-hydrogen) atoms. The van der Waals surface area contributed by atoms with Gasteiger partial charge in [-0.3, -0.25) is 0 Å². The molecule has 0 amide bonds. The van der Waals surface area contributed by atoms with Gasteiger partial charge in [-0.2, -0.15) is 0 Å². The van der Waals surface area contributed by atoms with Gasteiger partial charge in [0.1, 0.15) is 0 Å². The fourth-order valence-electron chi connectivity index (χ4n) is 1.39. The first kappa shape index (κ1) is 14.9. The molecule has 0 saturated heterocycles. The van der Waals surface area contributed by atoms with Crippen LogP contribution in [0.1, 0.15) is 20.3 Å². The summed E-state index contributed by atoms with van der Waals surface area (Å²) in [5.41, 5.74) is 1.01. The Kier molecular flexibility index (Phi) is 7.37. The molecule has 1 rings (SSSR count). The minimum absolute atomic E-state index is 0.596. The largest absolute Gasteiger partial charge is 0.381 e. The molecule has 2 N–H and O–H groups in total. The summed E-state index contributed by atoms with van der Waals surface area (Å²) in [6, 6.07) is 9.91. The van der Waals surface area contributed by atoms with Crippen LogP contribution in [0.5, 0.6) is 0 Å². The van der Waals surface area contributed by atoms with Crippen LogP contribution in [0.15, 0.2) is 30.3 Å². The van der Waals surface area contributed by atoms with E-state index in [1.807, 2.05) is 30.3 Å². The zero-order valence-corrected chi connectivity index (χ0v) is 11.9. The summed E-state index contributed by atoms with van der Waals surface area (Å²) in [5, 5.41) is 6.95. The summed E-state index contributed by atoms with van der Waals surface area (Å²) in [6.07, 6.45) is 0.962. The molecule has 0 bridgehead atoms. The molecule has 0 heterocycles. The van der Waals surface area contributed by atoms with Crippen molar-refractivity contribution >= 4 is 23.0 Å². The molecule has 0 aliphatic carbocycles. The van der Waals surface area contributed by atoms with Crippen molar-refractivity contribution in [2.75, 3.05) is 25.1 Å². The highest BCUT2D eigenvalue weighted by atomic mass is 32.1. The average Bonchev–Trinajstić information content (AvgIpc) is 2.34. The summed E-state index contributed by atoms with van der Waals surface area (Å²) in [4.78, 5) is 0. The van der Waals surface area contributed by atoms with Crippen molar-refractivity contribution in [3.8, 4) is 0 Å². The predicted molar refractivity (Wildman–Crippen MR) is 80.9 cm³/mol. The Labute approximate surface area is 115 Å². The van der Waals surface area contributed by atoms with Crippen molar-refractivity contribution in [1.82, 2.24) is 5.32 Å². The van der Waals surface area contributed by atoms with Crippen molar-refractivity contribution in [3.63, 3.8) is 0 Å². The minimum atomic E-state index is 0.596. The maximum absolute atomic E-state index is 5.49. The molecule has 3 nitrogen and oxygen atoms in total. The molecule has 0 saturated carbocycles. The summed E-state index contributed by atoms with van der Waals surface area (Å²) in [5.74, 6) is 0.596. The first-order valence-corrected chi connectivity index (χ1v) is 6.77. The Morgan fingerprint density at radius 2 is 2.00 bits per heavy atom. The van der Waals surface area contributed by atoms with Crippen molar-refractivity contribution in [1.29, 1.82) is 0 Å². The molecule has 0 spiro atoms. The van der Waals surface area contributed by atoms with Gasteiger partial charge in [0.25, 0.3) is 0 Å². The molecule has 1 aromatic carbocycles. The van der Waals surface area contributed by atoms with Gasteiger partial charge in [0.15, 0.2) is 5.11 Å². The van der Waals surface area contributed by atoms with Crippen molar-refractivity contribution < 1.29 is 4.74 Å². The second kappa shape index (κ2) is 8.89. The van der Waals surface area contributed by atoms with Crippen LogP contribution in [0.4, 0.5) is 5.69 Å². The standard InChI is InChI=1S/C14H22N2OS/c1-12(2)11-17-10-6-9-15-14(18)16-13-7-4-3-5-8-13/h3-5,7-8,12H,6,9-11H2,1-2H3,(H2,15,16,18). The van der Waals surface area contributed by atoms with Gasteiger partial charge in [0.05, 0.1) is 0 Å². The quantitative estimate of drug-likeness (QED) is 0.587. The van der Waals surface area contributed by atoms with Crippen LogP contribution in [0, 0.1) is 5.92 Å². The first-order valence-electron chi connectivity index (χ1n) is 6.36. The Morgan fingerprint density at radius 3 is 2.67 bits per heavy atom. The Bertz CT molecular complexity index is 341. The SMILES string of the molecule is CC(C)COCCCNC(=S)Nc1ccccc1. The van der Waals surface area contributed by atoms with E-state index in [9.17, 15) is 0 Å². The number of ether oxygens (including phenoxy) is 1. The van der Waals surface area contributed by atoms with Crippen molar-refractivity contribution in [2.24, 2.45) is 5.92 Å². The third-order valence-electron chi connectivity index (χ3n) is 2.23. The van der Waals surface area contributed by atoms with E-state index in [1.165, 1.54) is 0 Å². The van der Waals surface area contributed by atoms with Crippen LogP contribution in [0.3, 0.4) is 0 Å². The average molecular weight is 266 g/mol. The van der Waals surface area contributed by atoms with Gasteiger partial charge >= 0.3 is 0 Å². The van der Waals surface area contributed by atoms with Crippen LogP contribution in [-0.4, -0.2) is 24.9 Å². The van der Waals surface area contributed by atoms with Crippen LogP contribution in [0.25, 0.3) is 0 Å². The van der Waals surface area contributed by atoms with E-state index in [2.05, 4.69) is 24.5 Å². The number of para-hydroxylation sites is 1. The van der Waals surface area contributed by atoms with E-state index in [4.69, 9.17) is 17.0 Å². The van der Waals surface area contributed by atoms with E-state index in [-0.39, 0.29) is 0 Å². The Hall–Kier alpha value is -1.13. The first-order chi connectivity index (χ1) is 8.68. The highest BCUT2D eigenvalue weighted by Crippen LogP contribution is 2.04. The molecule has 1 aromatic rings. The van der Waals surface area contributed by atoms with Crippen molar-refractivity contribution in [2.45, 2.75) is 20.3 Å². The number of anilines is 1. The van der Waals surface area contributed by atoms with Gasteiger partial charge in [0.2, 0.25) is 0 Å². The fraction of sp³-hybridized carbons (Fsp3) is 0.500. The summed E-state index contributed by atoms with van der Waals surface area (Å²) >= 11 is 5.19. The van der Waals surface area contributed by atoms with Crippen LogP contribution >= 0.6 is 12.2 Å². The predicted octanol–water partition coefficient (Wildman–Crippen LogP) is 3.04. The maximum Gasteiger partial charge on any atom is 0.170 e. The lowest BCUT2D eigenvalue weighted by atomic mass is 10.2. The maximum atomic E-state index is 5.49. The Balaban J connectivity index is 2.04. The number of rotatable bonds is 7. The smallest absolute Gasteiger partial charge is 0.170 e. The third kappa shape index (κ3) is 7.25. The molecule has 100 valence electrons. The number of thiocarbonyl (C=S) groups is 1. The molecule has 0 unspecified atom stereocenters. The molecule has 4 heteroatoms. The van der Waals surface area contributed by atoms with E-state index in [1.54, 1.807) is 0 Å². The van der Waals surface area contributed by atoms with E-state index in [0.717, 1.165) is 31.9 Å². The highest BCUT2D eigenvalue weighted by Gasteiger charge is 1.97. The molecule has 0 atom stereocenters. The highest BCUT2D eigenvalue weighted by molar-refractivity contribution is 7.80. The zero-order chi connectivity index (χ0) is 13.2. The minimum Gasteiger partial charge on any atom is -0.381 e. The lowest BCUT2D eigenvalue weighted by Gasteiger charge is -2.11. The number of benzene rings is 1. The summed E-state index contributed by atoms with van der Waals surface area (Å²) in [7, 11) is 0. The Morgan fingerprint density at radius 1 is 1.28 bits per heavy atom. The van der Waals surface area contributed by atoms with Crippen LogP contribution < -0.4 is 10.6 Å². The van der Waals surface area contributed by atoms with E-state index in [0.29, 0.717) is 11.0 Å². The van der Waals surface area contributed by atoms with Crippen LogP contribution in [0.2, 0.25) is 0 Å². The summed E-state index contributed by atoms with van der Waals surface area (Å²) < 4.78 is 5.49. The number of hydrogen-bond donors (Lipinski definition) is 2. The lowest BCUT2D eigenvalue weighted by molar-refractivity contribution is 0.108. The molecule has 0 radical (unpaired) electrons. The molecular weight excluding hydrogens is 244 g/mol. The van der Waals surface area contributed by atoms with E-state index >= 15 is 0 Å². The second-order valence-corrected chi connectivity index (χ2v) is 4.98. The molecular formula is C14H22N2OS. The number of hydrogen-bond acceptors (Lipinski definition) is 2. The van der Waals surface area contributed by atoms with Gasteiger partial charge in [-0.05, 0) is 36.7 Å². The fourth-order valence-corrected chi connectivity index (χ4v) is 1.61. The molecule has 0 aliphatic heterocycles. The second-order valence-electron chi connectivity index (χ2n) is 4.57. The van der Waals surface area contributed by atoms with Gasteiger partial charge in [-0.25, -0.2) is 0 Å². The van der Waals surface area contributed by atoms with Crippen molar-refractivity contribution in [3.05, 3.63) is 30.3 Å². The normalized spacial score (nSPS) is 10.4. The lowest BCUT2D eigenvalue weighted by Crippen LogP contribution is -2.29. The van der Waals surface area contributed by atoms with Gasteiger partial charge in [0, 0.05) is 25.4 Å². The van der Waals surface area contributed by atoms with Gasteiger partial charge < -0.3 is 15.4 Å².